The van der Waals surface area contributed by atoms with Gasteiger partial charge in [-0.25, -0.2) is 9.97 Å². The molecule has 3 aromatic rings. The van der Waals surface area contributed by atoms with Crippen LogP contribution in [-0.4, -0.2) is 23.1 Å². The van der Waals surface area contributed by atoms with Gasteiger partial charge in [-0.05, 0) is 31.0 Å². The Morgan fingerprint density at radius 3 is 2.33 bits per heavy atom. The van der Waals surface area contributed by atoms with Crippen molar-refractivity contribution in [3.63, 3.8) is 0 Å². The fourth-order valence-electron chi connectivity index (χ4n) is 2.66. The van der Waals surface area contributed by atoms with Crippen molar-refractivity contribution in [1.29, 1.82) is 0 Å². The molecule has 0 amide bonds. The van der Waals surface area contributed by atoms with Crippen molar-refractivity contribution in [3.05, 3.63) is 78.6 Å². The molecule has 0 aliphatic carbocycles. The number of nitrogens with zero attached hydrogens (tertiary/aromatic N) is 3. The van der Waals surface area contributed by atoms with Crippen LogP contribution in [0.15, 0.2) is 73.1 Å². The summed E-state index contributed by atoms with van der Waals surface area (Å²) in [6, 6.07) is 22.7. The lowest BCUT2D eigenvalue weighted by atomic mass is 10.1. The molecule has 0 atom stereocenters. The number of para-hydroxylation sites is 1. The van der Waals surface area contributed by atoms with Crippen molar-refractivity contribution in [3.8, 4) is 0 Å². The molecule has 4 heteroatoms. The Balaban J connectivity index is 1.67. The summed E-state index contributed by atoms with van der Waals surface area (Å²) in [6.07, 6.45) is 2.59. The second kappa shape index (κ2) is 8.11. The van der Waals surface area contributed by atoms with Gasteiger partial charge in [0, 0.05) is 24.8 Å². The van der Waals surface area contributed by atoms with Gasteiger partial charge < -0.3 is 10.2 Å². The van der Waals surface area contributed by atoms with Gasteiger partial charge in [0.15, 0.2) is 0 Å². The van der Waals surface area contributed by atoms with E-state index in [1.807, 2.05) is 30.3 Å². The van der Waals surface area contributed by atoms with Gasteiger partial charge in [0.2, 0.25) is 0 Å². The molecule has 0 saturated carbocycles. The monoisotopic (exact) mass is 318 g/mol. The molecule has 0 unspecified atom stereocenters. The summed E-state index contributed by atoms with van der Waals surface area (Å²) >= 11 is 0. The largest absolute Gasteiger partial charge is 0.370 e. The van der Waals surface area contributed by atoms with E-state index in [0.717, 1.165) is 36.8 Å². The van der Waals surface area contributed by atoms with Crippen LogP contribution in [0.1, 0.15) is 12.5 Å². The number of hydrogen-bond acceptors (Lipinski definition) is 4. The van der Waals surface area contributed by atoms with E-state index in [-0.39, 0.29) is 0 Å². The van der Waals surface area contributed by atoms with E-state index in [0.29, 0.717) is 0 Å². The third-order valence-corrected chi connectivity index (χ3v) is 3.88. The zero-order valence-corrected chi connectivity index (χ0v) is 13.9. The highest BCUT2D eigenvalue weighted by atomic mass is 15.2. The Morgan fingerprint density at radius 1 is 0.917 bits per heavy atom. The molecule has 0 aliphatic heterocycles. The highest BCUT2D eigenvalue weighted by Gasteiger charge is 2.09. The normalized spacial score (nSPS) is 10.4. The maximum Gasteiger partial charge on any atom is 0.138 e. The second-order valence-corrected chi connectivity index (χ2v) is 5.50. The molecule has 122 valence electrons. The summed E-state index contributed by atoms with van der Waals surface area (Å²) in [4.78, 5) is 10.9. The number of aromatic nitrogens is 2. The van der Waals surface area contributed by atoms with Crippen LogP contribution in [0.2, 0.25) is 0 Å². The highest BCUT2D eigenvalue weighted by Crippen LogP contribution is 2.23. The SMILES string of the molecule is CCN(c1ccccc1)c1cc(NCCc2ccccc2)ncn1. The lowest BCUT2D eigenvalue weighted by Gasteiger charge is -2.22. The van der Waals surface area contributed by atoms with Gasteiger partial charge in [0.25, 0.3) is 0 Å². The summed E-state index contributed by atoms with van der Waals surface area (Å²) < 4.78 is 0. The number of rotatable bonds is 7. The minimum atomic E-state index is 0.845. The fraction of sp³-hybridized carbons (Fsp3) is 0.200. The fourth-order valence-corrected chi connectivity index (χ4v) is 2.66. The second-order valence-electron chi connectivity index (χ2n) is 5.50. The molecule has 0 fully saturated rings. The molecular formula is C20H22N4. The maximum atomic E-state index is 4.43. The average molecular weight is 318 g/mol. The zero-order valence-electron chi connectivity index (χ0n) is 13.9. The van der Waals surface area contributed by atoms with Crippen LogP contribution >= 0.6 is 0 Å². The van der Waals surface area contributed by atoms with Crippen molar-refractivity contribution in [2.24, 2.45) is 0 Å². The summed E-state index contributed by atoms with van der Waals surface area (Å²) in [5.74, 6) is 1.76. The number of hydrogen-bond donors (Lipinski definition) is 1. The predicted molar refractivity (Wildman–Crippen MR) is 99.8 cm³/mol. The van der Waals surface area contributed by atoms with E-state index in [1.54, 1.807) is 6.33 Å². The molecule has 0 bridgehead atoms. The molecule has 1 aromatic heterocycles. The van der Waals surface area contributed by atoms with E-state index in [9.17, 15) is 0 Å². The standard InChI is InChI=1S/C20H22N4/c1-2-24(18-11-7-4-8-12-18)20-15-19(22-16-23-20)21-14-13-17-9-5-3-6-10-17/h3-12,15-16H,2,13-14H2,1H3,(H,21,22,23). The van der Waals surface area contributed by atoms with Gasteiger partial charge in [-0.1, -0.05) is 48.5 Å². The minimum Gasteiger partial charge on any atom is -0.370 e. The number of benzene rings is 2. The third-order valence-electron chi connectivity index (χ3n) is 3.88. The first-order chi connectivity index (χ1) is 11.9. The first-order valence-electron chi connectivity index (χ1n) is 8.29. The molecular weight excluding hydrogens is 296 g/mol. The first kappa shape index (κ1) is 16.0. The molecule has 1 heterocycles. The molecule has 4 nitrogen and oxygen atoms in total. The van der Waals surface area contributed by atoms with Crippen LogP contribution in [0.5, 0.6) is 0 Å². The molecule has 0 spiro atoms. The lowest BCUT2D eigenvalue weighted by Crippen LogP contribution is -2.18. The van der Waals surface area contributed by atoms with Gasteiger partial charge >= 0.3 is 0 Å². The molecule has 24 heavy (non-hydrogen) atoms. The Morgan fingerprint density at radius 2 is 1.62 bits per heavy atom. The van der Waals surface area contributed by atoms with E-state index in [1.165, 1.54) is 5.56 Å². The third kappa shape index (κ3) is 4.10. The number of nitrogens with one attached hydrogen (secondary N) is 1. The summed E-state index contributed by atoms with van der Waals surface area (Å²) in [5.41, 5.74) is 2.45. The van der Waals surface area contributed by atoms with Crippen molar-refractivity contribution >= 4 is 17.3 Å². The molecule has 2 aromatic carbocycles. The van der Waals surface area contributed by atoms with Gasteiger partial charge in [-0.15, -0.1) is 0 Å². The predicted octanol–water partition coefficient (Wildman–Crippen LogP) is 4.29. The van der Waals surface area contributed by atoms with Crippen LogP contribution in [-0.2, 0) is 6.42 Å². The van der Waals surface area contributed by atoms with E-state index in [4.69, 9.17) is 0 Å². The Hall–Kier alpha value is -2.88. The van der Waals surface area contributed by atoms with Crippen molar-refractivity contribution in [2.45, 2.75) is 13.3 Å². The maximum absolute atomic E-state index is 4.43. The highest BCUT2D eigenvalue weighted by molar-refractivity contribution is 5.61. The van der Waals surface area contributed by atoms with Gasteiger partial charge in [0.05, 0.1) is 0 Å². The molecule has 1 N–H and O–H groups in total. The van der Waals surface area contributed by atoms with E-state index in [2.05, 4.69) is 63.5 Å². The van der Waals surface area contributed by atoms with Crippen molar-refractivity contribution in [2.75, 3.05) is 23.3 Å². The molecule has 0 radical (unpaired) electrons. The molecule has 0 saturated heterocycles. The summed E-state index contributed by atoms with van der Waals surface area (Å²) in [7, 11) is 0. The summed E-state index contributed by atoms with van der Waals surface area (Å²) in [6.45, 7) is 3.82. The van der Waals surface area contributed by atoms with Crippen LogP contribution in [0.3, 0.4) is 0 Å². The van der Waals surface area contributed by atoms with Crippen LogP contribution < -0.4 is 10.2 Å². The first-order valence-corrected chi connectivity index (χ1v) is 8.29. The lowest BCUT2D eigenvalue weighted by molar-refractivity contribution is 0.963. The van der Waals surface area contributed by atoms with Crippen molar-refractivity contribution in [1.82, 2.24) is 9.97 Å². The van der Waals surface area contributed by atoms with Crippen molar-refractivity contribution < 1.29 is 0 Å². The zero-order chi connectivity index (χ0) is 16.6. The summed E-state index contributed by atoms with van der Waals surface area (Å²) in [5, 5.41) is 3.39. The van der Waals surface area contributed by atoms with Gasteiger partial charge in [-0.3, -0.25) is 0 Å². The quantitative estimate of drug-likeness (QED) is 0.705. The minimum absolute atomic E-state index is 0.845. The molecule has 0 aliphatic rings. The van der Waals surface area contributed by atoms with Gasteiger partial charge in [0.1, 0.15) is 18.0 Å². The Bertz CT molecular complexity index is 744. The number of anilines is 3. The van der Waals surface area contributed by atoms with Gasteiger partial charge in [-0.2, -0.15) is 0 Å². The van der Waals surface area contributed by atoms with E-state index >= 15 is 0 Å². The topological polar surface area (TPSA) is 41.0 Å². The van der Waals surface area contributed by atoms with Crippen LogP contribution in [0, 0.1) is 0 Å². The Kier molecular flexibility index (Phi) is 5.40. The average Bonchev–Trinajstić information content (AvgIpc) is 2.65. The van der Waals surface area contributed by atoms with Crippen LogP contribution in [0.25, 0.3) is 0 Å². The van der Waals surface area contributed by atoms with E-state index < -0.39 is 0 Å². The Labute approximate surface area is 143 Å². The van der Waals surface area contributed by atoms with Crippen LogP contribution in [0.4, 0.5) is 17.3 Å². The molecule has 3 rings (SSSR count). The smallest absolute Gasteiger partial charge is 0.138 e.